The van der Waals surface area contributed by atoms with Crippen molar-refractivity contribution in [1.29, 1.82) is 0 Å². The number of hydrogen-bond acceptors (Lipinski definition) is 4. The molecule has 1 aromatic heterocycles. The minimum Gasteiger partial charge on any atom is -0.394 e. The number of anilines is 1. The first kappa shape index (κ1) is 15.7. The van der Waals surface area contributed by atoms with E-state index in [-0.39, 0.29) is 24.2 Å². The molecule has 5 nitrogen and oxygen atoms in total. The summed E-state index contributed by atoms with van der Waals surface area (Å²) in [7, 11) is 0. The summed E-state index contributed by atoms with van der Waals surface area (Å²) >= 11 is 3.31. The number of aliphatic hydroxyl groups is 1. The van der Waals surface area contributed by atoms with Crippen LogP contribution in [0, 0.1) is 0 Å². The van der Waals surface area contributed by atoms with Gasteiger partial charge in [0.25, 0.3) is 5.56 Å². The minimum atomic E-state index is -0.293. The Labute approximate surface area is 131 Å². The number of nitrogens with zero attached hydrogens (tertiary/aromatic N) is 2. The molecule has 0 saturated heterocycles. The molecule has 0 aliphatic rings. The van der Waals surface area contributed by atoms with Crippen LogP contribution in [0.25, 0.3) is 0 Å². The van der Waals surface area contributed by atoms with Crippen LogP contribution in [-0.4, -0.2) is 21.5 Å². The average Bonchev–Trinajstić information content (AvgIpc) is 2.49. The van der Waals surface area contributed by atoms with E-state index in [2.05, 4.69) is 26.3 Å². The molecule has 1 aromatic carbocycles. The van der Waals surface area contributed by atoms with E-state index >= 15 is 0 Å². The Morgan fingerprint density at radius 3 is 2.57 bits per heavy atom. The largest absolute Gasteiger partial charge is 0.394 e. The summed E-state index contributed by atoms with van der Waals surface area (Å²) in [5, 5.41) is 16.9. The van der Waals surface area contributed by atoms with E-state index in [9.17, 15) is 9.90 Å². The van der Waals surface area contributed by atoms with Gasteiger partial charge >= 0.3 is 0 Å². The van der Waals surface area contributed by atoms with Crippen LogP contribution in [0.4, 0.5) is 5.69 Å². The third kappa shape index (κ3) is 3.51. The van der Waals surface area contributed by atoms with Crippen LogP contribution >= 0.6 is 15.9 Å². The van der Waals surface area contributed by atoms with Crippen LogP contribution in [0.5, 0.6) is 0 Å². The lowest BCUT2D eigenvalue weighted by Gasteiger charge is -2.19. The van der Waals surface area contributed by atoms with E-state index in [1.807, 2.05) is 44.2 Å². The molecule has 2 N–H and O–H groups in total. The van der Waals surface area contributed by atoms with Gasteiger partial charge in [0.15, 0.2) is 0 Å². The van der Waals surface area contributed by atoms with Gasteiger partial charge in [0.05, 0.1) is 30.6 Å². The van der Waals surface area contributed by atoms with Gasteiger partial charge in [-0.2, -0.15) is 5.10 Å². The van der Waals surface area contributed by atoms with Gasteiger partial charge in [-0.25, -0.2) is 4.68 Å². The van der Waals surface area contributed by atoms with Crippen LogP contribution in [0.3, 0.4) is 0 Å². The Hall–Kier alpha value is -1.66. The molecule has 0 saturated carbocycles. The third-order valence-corrected chi connectivity index (χ3v) is 3.91. The number of rotatable bonds is 5. The quantitative estimate of drug-likeness (QED) is 0.868. The molecule has 1 heterocycles. The van der Waals surface area contributed by atoms with Crippen molar-refractivity contribution in [1.82, 2.24) is 9.78 Å². The van der Waals surface area contributed by atoms with E-state index in [0.29, 0.717) is 10.2 Å². The summed E-state index contributed by atoms with van der Waals surface area (Å²) in [5.41, 5.74) is 1.32. The van der Waals surface area contributed by atoms with Crippen molar-refractivity contribution in [3.63, 3.8) is 0 Å². The van der Waals surface area contributed by atoms with Crippen LogP contribution in [0.15, 0.2) is 45.8 Å². The van der Waals surface area contributed by atoms with E-state index < -0.39 is 0 Å². The van der Waals surface area contributed by atoms with Crippen LogP contribution in [0.1, 0.15) is 31.5 Å². The Morgan fingerprint density at radius 2 is 2.00 bits per heavy atom. The Balaban J connectivity index is 2.31. The monoisotopic (exact) mass is 351 g/mol. The Bertz CT molecular complexity index is 656. The maximum absolute atomic E-state index is 12.2. The molecular weight excluding hydrogens is 334 g/mol. The number of aromatic nitrogens is 2. The third-order valence-electron chi connectivity index (χ3n) is 3.15. The minimum absolute atomic E-state index is 0.00869. The highest BCUT2D eigenvalue weighted by molar-refractivity contribution is 9.10. The van der Waals surface area contributed by atoms with E-state index in [4.69, 9.17) is 0 Å². The number of benzene rings is 1. The first-order chi connectivity index (χ1) is 10.0. The zero-order valence-electron chi connectivity index (χ0n) is 12.0. The van der Waals surface area contributed by atoms with Gasteiger partial charge in [-0.1, -0.05) is 30.3 Å². The van der Waals surface area contributed by atoms with Crippen molar-refractivity contribution in [3.05, 3.63) is 56.9 Å². The molecule has 6 heteroatoms. The standard InChI is InChI=1S/C15H18BrN3O2/c1-10(2)19-15(21)14(16)12(8-17-19)18-13(9-20)11-6-4-3-5-7-11/h3-8,10,13,18,20H,9H2,1-2H3. The van der Waals surface area contributed by atoms with E-state index in [1.165, 1.54) is 4.68 Å². The fraction of sp³-hybridized carbons (Fsp3) is 0.333. The zero-order valence-corrected chi connectivity index (χ0v) is 13.5. The highest BCUT2D eigenvalue weighted by Crippen LogP contribution is 2.23. The van der Waals surface area contributed by atoms with Gasteiger partial charge in [0.1, 0.15) is 4.47 Å². The zero-order chi connectivity index (χ0) is 15.4. The maximum Gasteiger partial charge on any atom is 0.283 e. The van der Waals surface area contributed by atoms with Crippen LogP contribution in [0.2, 0.25) is 0 Å². The molecule has 0 bridgehead atoms. The maximum atomic E-state index is 12.2. The number of hydrogen-bond donors (Lipinski definition) is 2. The first-order valence-electron chi connectivity index (χ1n) is 6.74. The summed E-state index contributed by atoms with van der Waals surface area (Å²) in [5.74, 6) is 0. The van der Waals surface area contributed by atoms with Crippen molar-refractivity contribution in [2.24, 2.45) is 0 Å². The second kappa shape index (κ2) is 6.87. The van der Waals surface area contributed by atoms with Crippen molar-refractivity contribution >= 4 is 21.6 Å². The molecule has 0 aliphatic carbocycles. The summed E-state index contributed by atoms with van der Waals surface area (Å²) in [6, 6.07) is 9.27. The fourth-order valence-electron chi connectivity index (χ4n) is 2.02. The summed E-state index contributed by atoms with van der Waals surface area (Å²) in [6.07, 6.45) is 1.59. The highest BCUT2D eigenvalue weighted by atomic mass is 79.9. The molecule has 2 aromatic rings. The second-order valence-electron chi connectivity index (χ2n) is 5.01. The smallest absolute Gasteiger partial charge is 0.283 e. The molecule has 0 amide bonds. The molecular formula is C15H18BrN3O2. The molecule has 21 heavy (non-hydrogen) atoms. The van der Waals surface area contributed by atoms with Gasteiger partial charge in [0.2, 0.25) is 0 Å². The first-order valence-corrected chi connectivity index (χ1v) is 7.53. The molecule has 1 unspecified atom stereocenters. The van der Waals surface area contributed by atoms with Gasteiger partial charge in [0, 0.05) is 0 Å². The summed E-state index contributed by atoms with van der Waals surface area (Å²) in [4.78, 5) is 12.2. The normalized spacial score (nSPS) is 12.4. The summed E-state index contributed by atoms with van der Waals surface area (Å²) in [6.45, 7) is 3.71. The average molecular weight is 352 g/mol. The van der Waals surface area contributed by atoms with Crippen molar-refractivity contribution in [3.8, 4) is 0 Å². The number of nitrogens with one attached hydrogen (secondary N) is 1. The molecule has 0 aliphatic heterocycles. The topological polar surface area (TPSA) is 67.2 Å². The van der Waals surface area contributed by atoms with Gasteiger partial charge in [-0.3, -0.25) is 4.79 Å². The predicted octanol–water partition coefficient (Wildman–Crippen LogP) is 2.73. The molecule has 0 radical (unpaired) electrons. The van der Waals surface area contributed by atoms with Gasteiger partial charge in [-0.05, 0) is 35.3 Å². The summed E-state index contributed by atoms with van der Waals surface area (Å²) < 4.78 is 1.83. The molecule has 112 valence electrons. The van der Waals surface area contributed by atoms with Crippen molar-refractivity contribution < 1.29 is 5.11 Å². The predicted molar refractivity (Wildman–Crippen MR) is 86.5 cm³/mol. The van der Waals surface area contributed by atoms with E-state index in [0.717, 1.165) is 5.56 Å². The van der Waals surface area contributed by atoms with Crippen molar-refractivity contribution in [2.45, 2.75) is 25.9 Å². The van der Waals surface area contributed by atoms with Gasteiger partial charge < -0.3 is 10.4 Å². The SMILES string of the molecule is CC(C)n1ncc(NC(CO)c2ccccc2)c(Br)c1=O. The van der Waals surface area contributed by atoms with Crippen LogP contribution < -0.4 is 10.9 Å². The fourth-order valence-corrected chi connectivity index (χ4v) is 2.42. The lowest BCUT2D eigenvalue weighted by atomic mass is 10.1. The Kier molecular flexibility index (Phi) is 5.14. The Morgan fingerprint density at radius 1 is 1.33 bits per heavy atom. The highest BCUT2D eigenvalue weighted by Gasteiger charge is 2.15. The van der Waals surface area contributed by atoms with Gasteiger partial charge in [-0.15, -0.1) is 0 Å². The molecule has 0 fully saturated rings. The van der Waals surface area contributed by atoms with Crippen LogP contribution in [-0.2, 0) is 0 Å². The second-order valence-corrected chi connectivity index (χ2v) is 5.80. The lowest BCUT2D eigenvalue weighted by Crippen LogP contribution is -2.27. The molecule has 0 spiro atoms. The lowest BCUT2D eigenvalue weighted by molar-refractivity contribution is 0.276. The van der Waals surface area contributed by atoms with Crippen molar-refractivity contribution in [2.75, 3.05) is 11.9 Å². The molecule has 1 atom stereocenters. The number of halogens is 1. The van der Waals surface area contributed by atoms with E-state index in [1.54, 1.807) is 6.20 Å². The number of aliphatic hydroxyl groups excluding tert-OH is 1. The molecule has 2 rings (SSSR count).